The van der Waals surface area contributed by atoms with Crippen LogP contribution in [0.5, 0.6) is 0 Å². The zero-order chi connectivity index (χ0) is 21.9. The van der Waals surface area contributed by atoms with Gasteiger partial charge in [-0.1, -0.05) is 12.8 Å². The monoisotopic (exact) mass is 447 g/mol. The van der Waals surface area contributed by atoms with Crippen LogP contribution in [-0.2, 0) is 20.4 Å². The lowest BCUT2D eigenvalue weighted by Gasteiger charge is -2.16. The topological polar surface area (TPSA) is 195 Å². The van der Waals surface area contributed by atoms with Crippen molar-refractivity contribution < 1.29 is 33.8 Å². The molecule has 1 fully saturated rings. The number of imidazole rings is 1. The van der Waals surface area contributed by atoms with Crippen molar-refractivity contribution in [2.24, 2.45) is 5.73 Å². The first-order chi connectivity index (χ1) is 14.2. The summed E-state index contributed by atoms with van der Waals surface area (Å²) < 4.78 is 23.5. The van der Waals surface area contributed by atoms with Gasteiger partial charge in [0.05, 0.1) is 12.9 Å². The zero-order valence-electron chi connectivity index (χ0n) is 16.1. The number of hydrogen-bond acceptors (Lipinski definition) is 9. The summed E-state index contributed by atoms with van der Waals surface area (Å²) in [5.74, 6) is 0. The Bertz CT molecular complexity index is 959. The molecule has 0 bridgehead atoms. The van der Waals surface area contributed by atoms with Crippen molar-refractivity contribution in [3.8, 4) is 0 Å². The summed E-state index contributed by atoms with van der Waals surface area (Å²) in [4.78, 5) is 38.6. The molecule has 1 aliphatic rings. The lowest BCUT2D eigenvalue weighted by molar-refractivity contribution is -0.0504. The normalized spacial score (nSPS) is 24.7. The molecule has 3 rings (SSSR count). The Morgan fingerprint density at radius 2 is 1.87 bits per heavy atom. The fourth-order valence-corrected chi connectivity index (χ4v) is 3.68. The molecule has 6 N–H and O–H groups in total. The number of rotatable bonds is 10. The third-order valence-electron chi connectivity index (χ3n) is 4.92. The molecule has 2 aromatic rings. The number of aliphatic hydroxyl groups excluding tert-OH is 2. The number of nitrogens with zero attached hydrogens (tertiary/aromatic N) is 4. The van der Waals surface area contributed by atoms with Crippen molar-refractivity contribution in [3.63, 3.8) is 0 Å². The summed E-state index contributed by atoms with van der Waals surface area (Å²) in [6.07, 6.45) is 1.05. The van der Waals surface area contributed by atoms with Crippen LogP contribution in [0, 0.1) is 0 Å². The van der Waals surface area contributed by atoms with Crippen LogP contribution in [0.4, 0.5) is 0 Å². The molecule has 168 valence electrons. The van der Waals surface area contributed by atoms with Crippen LogP contribution in [0.1, 0.15) is 31.9 Å². The van der Waals surface area contributed by atoms with Crippen LogP contribution in [0.25, 0.3) is 11.2 Å². The van der Waals surface area contributed by atoms with Crippen LogP contribution in [-0.4, -0.2) is 70.6 Å². The van der Waals surface area contributed by atoms with Gasteiger partial charge in [-0.25, -0.2) is 14.5 Å². The van der Waals surface area contributed by atoms with E-state index in [2.05, 4.69) is 14.5 Å². The van der Waals surface area contributed by atoms with E-state index in [0.29, 0.717) is 13.1 Å². The highest BCUT2D eigenvalue weighted by atomic mass is 31.2. The Hall–Kier alpha value is -1.70. The molecule has 1 aliphatic heterocycles. The third kappa shape index (κ3) is 5.13. The van der Waals surface area contributed by atoms with Crippen LogP contribution >= 0.6 is 7.82 Å². The van der Waals surface area contributed by atoms with Gasteiger partial charge in [0.2, 0.25) is 0 Å². The molecule has 0 amide bonds. The number of unbranched alkanes of at least 4 members (excludes halogenated alkanes) is 3. The minimum absolute atomic E-state index is 0.0830. The maximum atomic E-state index is 12.7. The smallest absolute Gasteiger partial charge is 0.387 e. The molecule has 13 nitrogen and oxygen atoms in total. The highest BCUT2D eigenvalue weighted by Crippen LogP contribution is 2.38. The number of aromatic nitrogens is 4. The second-order valence-electron chi connectivity index (χ2n) is 7.10. The molecule has 0 aliphatic carbocycles. The van der Waals surface area contributed by atoms with Crippen molar-refractivity contribution in [1.82, 2.24) is 19.1 Å². The number of aryl methyl sites for hydroxylation is 1. The average molecular weight is 447 g/mol. The number of phosphoric ester groups is 1. The number of fused-ring (bicyclic) bond motifs is 1. The molecule has 0 radical (unpaired) electrons. The van der Waals surface area contributed by atoms with Crippen molar-refractivity contribution in [2.45, 2.75) is 56.8 Å². The average Bonchev–Trinajstić information content (AvgIpc) is 3.23. The van der Waals surface area contributed by atoms with E-state index in [0.717, 1.165) is 25.7 Å². The molecule has 0 unspecified atom stereocenters. The molecule has 14 heteroatoms. The van der Waals surface area contributed by atoms with Crippen molar-refractivity contribution in [3.05, 3.63) is 23.0 Å². The highest BCUT2D eigenvalue weighted by molar-refractivity contribution is 7.46. The SMILES string of the molecule is NCCCCCCn1cnc2c(ncn2[C@@H]2O[C@H](COP(=O)(O)O)[C@@H](O)[C@H]2O)c1=O. The maximum absolute atomic E-state index is 12.7. The van der Waals surface area contributed by atoms with Crippen molar-refractivity contribution >= 4 is 19.0 Å². The first-order valence-corrected chi connectivity index (χ1v) is 11.1. The molecule has 30 heavy (non-hydrogen) atoms. The minimum Gasteiger partial charge on any atom is -0.387 e. The van der Waals surface area contributed by atoms with Crippen molar-refractivity contribution in [2.75, 3.05) is 13.2 Å². The Kier molecular flexibility index (Phi) is 7.37. The minimum atomic E-state index is -4.77. The van der Waals surface area contributed by atoms with E-state index in [1.807, 2.05) is 0 Å². The Balaban J connectivity index is 1.74. The van der Waals surface area contributed by atoms with E-state index >= 15 is 0 Å². The zero-order valence-corrected chi connectivity index (χ0v) is 17.0. The van der Waals surface area contributed by atoms with Gasteiger partial charge in [0.15, 0.2) is 17.4 Å². The number of ether oxygens (including phenoxy) is 1. The van der Waals surface area contributed by atoms with E-state index in [1.165, 1.54) is 21.8 Å². The summed E-state index contributed by atoms with van der Waals surface area (Å²) in [5, 5.41) is 20.4. The van der Waals surface area contributed by atoms with Gasteiger partial charge in [-0.2, -0.15) is 0 Å². The summed E-state index contributed by atoms with van der Waals surface area (Å²) in [6.45, 7) is 0.499. The Morgan fingerprint density at radius 3 is 2.57 bits per heavy atom. The van der Waals surface area contributed by atoms with Crippen LogP contribution in [0.15, 0.2) is 17.4 Å². The standard InChI is InChI=1S/C16H26N5O8P/c17-5-3-1-2-4-6-20-8-19-14-11(15(20)24)18-9-21(14)16-13(23)12(22)10(29-16)7-28-30(25,26)27/h8-10,12-13,16,22-23H,1-7,17H2,(H2,25,26,27)/t10-,12-,13-,16-/m1/s1. The maximum Gasteiger partial charge on any atom is 0.469 e. The van der Waals surface area contributed by atoms with E-state index in [-0.39, 0.29) is 16.7 Å². The van der Waals surface area contributed by atoms with Gasteiger partial charge >= 0.3 is 7.82 Å². The van der Waals surface area contributed by atoms with Gasteiger partial charge in [-0.05, 0) is 19.4 Å². The van der Waals surface area contributed by atoms with Crippen LogP contribution < -0.4 is 11.3 Å². The summed E-state index contributed by atoms with van der Waals surface area (Å²) in [7, 11) is -4.77. The number of nitrogens with two attached hydrogens (primary N) is 1. The van der Waals surface area contributed by atoms with Gasteiger partial charge in [0.25, 0.3) is 5.56 Å². The third-order valence-corrected chi connectivity index (χ3v) is 5.41. The van der Waals surface area contributed by atoms with E-state index < -0.39 is 39.0 Å². The molecule has 3 heterocycles. The largest absolute Gasteiger partial charge is 0.469 e. The lowest BCUT2D eigenvalue weighted by Crippen LogP contribution is -2.33. The molecule has 0 saturated carbocycles. The summed E-state index contributed by atoms with van der Waals surface area (Å²) in [5.41, 5.74) is 5.37. The number of hydrogen-bond donors (Lipinski definition) is 5. The van der Waals surface area contributed by atoms with Gasteiger partial charge < -0.3 is 30.5 Å². The fraction of sp³-hybridized carbons (Fsp3) is 0.688. The van der Waals surface area contributed by atoms with Crippen molar-refractivity contribution in [1.29, 1.82) is 0 Å². The second-order valence-corrected chi connectivity index (χ2v) is 8.34. The molecular formula is C16H26N5O8P. The van der Waals surface area contributed by atoms with Gasteiger partial charge in [-0.15, -0.1) is 0 Å². The van der Waals surface area contributed by atoms with E-state index in [4.69, 9.17) is 20.3 Å². The number of phosphoric acid groups is 1. The molecule has 4 atom stereocenters. The molecule has 1 saturated heterocycles. The Morgan fingerprint density at radius 1 is 1.13 bits per heavy atom. The summed E-state index contributed by atoms with van der Waals surface area (Å²) >= 11 is 0. The van der Waals surface area contributed by atoms with E-state index in [9.17, 15) is 19.6 Å². The molecule has 0 aromatic carbocycles. The first kappa shape index (κ1) is 23.0. The van der Waals surface area contributed by atoms with Gasteiger partial charge in [0.1, 0.15) is 24.6 Å². The van der Waals surface area contributed by atoms with Crippen LogP contribution in [0.3, 0.4) is 0 Å². The lowest BCUT2D eigenvalue weighted by atomic mass is 10.1. The predicted octanol–water partition coefficient (Wildman–Crippen LogP) is -1.16. The molecular weight excluding hydrogens is 421 g/mol. The molecule has 0 spiro atoms. The van der Waals surface area contributed by atoms with Crippen LogP contribution in [0.2, 0.25) is 0 Å². The second kappa shape index (κ2) is 9.62. The predicted molar refractivity (Wildman–Crippen MR) is 103 cm³/mol. The molecule has 2 aromatic heterocycles. The fourth-order valence-electron chi connectivity index (χ4n) is 3.34. The first-order valence-electron chi connectivity index (χ1n) is 9.56. The quantitative estimate of drug-likeness (QED) is 0.218. The van der Waals surface area contributed by atoms with Gasteiger partial charge in [0, 0.05) is 6.54 Å². The van der Waals surface area contributed by atoms with E-state index in [1.54, 1.807) is 0 Å². The van der Waals surface area contributed by atoms with Gasteiger partial charge in [-0.3, -0.25) is 18.5 Å². The summed E-state index contributed by atoms with van der Waals surface area (Å²) in [6, 6.07) is 0. The Labute approximate surface area is 171 Å². The highest BCUT2D eigenvalue weighted by Gasteiger charge is 2.45. The number of aliphatic hydroxyl groups is 2.